The lowest BCUT2D eigenvalue weighted by Gasteiger charge is -2.25. The molecule has 0 aromatic carbocycles. The minimum Gasteiger partial charge on any atom is -0.339 e. The maximum atomic E-state index is 12.1. The number of nitrogens with zero attached hydrogens (tertiary/aromatic N) is 1. The number of aryl methyl sites for hydroxylation is 1. The molecule has 0 aliphatic carbocycles. The van der Waals surface area contributed by atoms with E-state index in [1.165, 1.54) is 18.3 Å². The summed E-state index contributed by atoms with van der Waals surface area (Å²) in [4.78, 5) is 14.1. The normalized spacial score (nSPS) is 11.8. The van der Waals surface area contributed by atoms with E-state index in [2.05, 4.69) is 4.72 Å². The highest BCUT2D eigenvalue weighted by Crippen LogP contribution is 2.21. The number of sulfonamides is 1. The molecule has 7 heteroatoms. The Bertz CT molecular complexity index is 550. The van der Waals surface area contributed by atoms with Crippen molar-refractivity contribution in [1.29, 1.82) is 0 Å². The predicted molar refractivity (Wildman–Crippen MR) is 81.4 cm³/mol. The SMILES string of the molecule is CCc1ccc(S(=O)(=O)NCCN(C(C)=O)C(C)C)s1. The fraction of sp³-hybridized carbons (Fsp3) is 0.615. The third-order valence-corrected chi connectivity index (χ3v) is 6.11. The zero-order valence-electron chi connectivity index (χ0n) is 12.3. The molecule has 0 fully saturated rings. The molecule has 114 valence electrons. The lowest BCUT2D eigenvalue weighted by atomic mass is 10.3. The Morgan fingerprint density at radius 2 is 2.05 bits per heavy atom. The summed E-state index contributed by atoms with van der Waals surface area (Å²) in [6, 6.07) is 3.51. The summed E-state index contributed by atoms with van der Waals surface area (Å²) in [5, 5.41) is 0. The van der Waals surface area contributed by atoms with Gasteiger partial charge in [0.15, 0.2) is 0 Å². The van der Waals surface area contributed by atoms with Gasteiger partial charge in [-0.3, -0.25) is 4.79 Å². The van der Waals surface area contributed by atoms with Crippen LogP contribution in [0.2, 0.25) is 0 Å². The van der Waals surface area contributed by atoms with E-state index in [-0.39, 0.29) is 18.5 Å². The number of carbonyl (C=O) groups excluding carboxylic acids is 1. The van der Waals surface area contributed by atoms with Gasteiger partial charge in [-0.2, -0.15) is 0 Å². The van der Waals surface area contributed by atoms with Gasteiger partial charge < -0.3 is 4.90 Å². The van der Waals surface area contributed by atoms with E-state index in [1.807, 2.05) is 26.8 Å². The summed E-state index contributed by atoms with van der Waals surface area (Å²) in [5.41, 5.74) is 0. The Labute approximate surface area is 125 Å². The van der Waals surface area contributed by atoms with Crippen LogP contribution in [0.25, 0.3) is 0 Å². The first-order valence-corrected chi connectivity index (χ1v) is 8.93. The quantitative estimate of drug-likeness (QED) is 0.834. The van der Waals surface area contributed by atoms with Crippen molar-refractivity contribution in [3.05, 3.63) is 17.0 Å². The minimum absolute atomic E-state index is 0.0522. The second-order valence-electron chi connectivity index (χ2n) is 4.78. The molecule has 0 bridgehead atoms. The molecule has 1 aromatic heterocycles. The maximum absolute atomic E-state index is 12.1. The molecule has 0 saturated heterocycles. The molecule has 20 heavy (non-hydrogen) atoms. The van der Waals surface area contributed by atoms with E-state index in [9.17, 15) is 13.2 Å². The number of hydrogen-bond acceptors (Lipinski definition) is 4. The zero-order valence-corrected chi connectivity index (χ0v) is 14.0. The van der Waals surface area contributed by atoms with Crippen molar-refractivity contribution in [2.45, 2.75) is 44.4 Å². The molecule has 0 aliphatic heterocycles. The largest absolute Gasteiger partial charge is 0.339 e. The average Bonchev–Trinajstić information content (AvgIpc) is 2.83. The van der Waals surface area contributed by atoms with E-state index in [0.29, 0.717) is 10.8 Å². The lowest BCUT2D eigenvalue weighted by molar-refractivity contribution is -0.130. The van der Waals surface area contributed by atoms with Crippen molar-refractivity contribution in [1.82, 2.24) is 9.62 Å². The Morgan fingerprint density at radius 3 is 2.50 bits per heavy atom. The Balaban J connectivity index is 2.62. The first kappa shape index (κ1) is 17.1. The summed E-state index contributed by atoms with van der Waals surface area (Å²) in [7, 11) is -3.47. The van der Waals surface area contributed by atoms with Crippen LogP contribution in [0, 0.1) is 0 Å². The van der Waals surface area contributed by atoms with Crippen molar-refractivity contribution < 1.29 is 13.2 Å². The van der Waals surface area contributed by atoms with Crippen LogP contribution >= 0.6 is 11.3 Å². The Kier molecular flexibility index (Phi) is 6.16. The summed E-state index contributed by atoms with van der Waals surface area (Å²) in [6.07, 6.45) is 0.825. The van der Waals surface area contributed by atoms with Gasteiger partial charge in [-0.05, 0) is 32.4 Å². The molecule has 0 saturated carbocycles. The molecule has 1 heterocycles. The third-order valence-electron chi connectivity index (χ3n) is 2.92. The van der Waals surface area contributed by atoms with Crippen molar-refractivity contribution in [2.24, 2.45) is 0 Å². The first-order valence-electron chi connectivity index (χ1n) is 6.63. The van der Waals surface area contributed by atoms with Crippen LogP contribution in [0.5, 0.6) is 0 Å². The second kappa shape index (κ2) is 7.19. The molecule has 1 rings (SSSR count). The topological polar surface area (TPSA) is 66.5 Å². The van der Waals surface area contributed by atoms with E-state index < -0.39 is 10.0 Å². The summed E-state index contributed by atoms with van der Waals surface area (Å²) in [6.45, 7) is 7.88. The number of amides is 1. The number of nitrogens with one attached hydrogen (secondary N) is 1. The number of thiophene rings is 1. The molecule has 0 unspecified atom stereocenters. The molecule has 1 N–H and O–H groups in total. The standard InChI is InChI=1S/C13H22N2O3S2/c1-5-12-6-7-13(19-12)20(17,18)14-8-9-15(10(2)3)11(4)16/h6-7,10,14H,5,8-9H2,1-4H3. The van der Waals surface area contributed by atoms with E-state index in [0.717, 1.165) is 11.3 Å². The van der Waals surface area contributed by atoms with E-state index >= 15 is 0 Å². The number of rotatable bonds is 7. The summed E-state index contributed by atoms with van der Waals surface area (Å²) < 4.78 is 27.0. The van der Waals surface area contributed by atoms with Gasteiger partial charge in [0.05, 0.1) is 0 Å². The van der Waals surface area contributed by atoms with Crippen LogP contribution in [0.1, 0.15) is 32.6 Å². The molecular formula is C13H22N2O3S2. The predicted octanol–water partition coefficient (Wildman–Crippen LogP) is 1.85. The van der Waals surface area contributed by atoms with Crippen LogP contribution < -0.4 is 4.72 Å². The van der Waals surface area contributed by atoms with Gasteiger partial charge in [0.2, 0.25) is 15.9 Å². The van der Waals surface area contributed by atoms with Gasteiger partial charge in [0.25, 0.3) is 0 Å². The fourth-order valence-corrected chi connectivity index (χ4v) is 4.20. The molecule has 1 aromatic rings. The zero-order chi connectivity index (χ0) is 15.3. The van der Waals surface area contributed by atoms with Crippen LogP contribution in [0.3, 0.4) is 0 Å². The monoisotopic (exact) mass is 318 g/mol. The highest BCUT2D eigenvalue weighted by Gasteiger charge is 2.18. The maximum Gasteiger partial charge on any atom is 0.250 e. The molecule has 1 amide bonds. The van der Waals surface area contributed by atoms with Crippen molar-refractivity contribution in [2.75, 3.05) is 13.1 Å². The van der Waals surface area contributed by atoms with Gasteiger partial charge in [0.1, 0.15) is 4.21 Å². The molecule has 5 nitrogen and oxygen atoms in total. The van der Waals surface area contributed by atoms with Crippen molar-refractivity contribution in [3.8, 4) is 0 Å². The highest BCUT2D eigenvalue weighted by molar-refractivity contribution is 7.91. The van der Waals surface area contributed by atoms with Crippen LogP contribution in [0.4, 0.5) is 0 Å². The van der Waals surface area contributed by atoms with Gasteiger partial charge >= 0.3 is 0 Å². The van der Waals surface area contributed by atoms with Gasteiger partial charge in [-0.1, -0.05) is 6.92 Å². The third kappa shape index (κ3) is 4.57. The van der Waals surface area contributed by atoms with Gasteiger partial charge in [-0.25, -0.2) is 13.1 Å². The fourth-order valence-electron chi connectivity index (χ4n) is 1.84. The Hall–Kier alpha value is -0.920. The minimum atomic E-state index is -3.47. The Morgan fingerprint density at radius 1 is 1.40 bits per heavy atom. The molecular weight excluding hydrogens is 296 g/mol. The van der Waals surface area contributed by atoms with E-state index in [1.54, 1.807) is 11.0 Å². The molecule has 0 radical (unpaired) electrons. The van der Waals surface area contributed by atoms with Gasteiger partial charge in [-0.15, -0.1) is 11.3 Å². The summed E-state index contributed by atoms with van der Waals surface area (Å²) >= 11 is 1.28. The van der Waals surface area contributed by atoms with Crippen LogP contribution in [-0.2, 0) is 21.2 Å². The molecule has 0 aliphatic rings. The number of hydrogen-bond donors (Lipinski definition) is 1. The second-order valence-corrected chi connectivity index (χ2v) is 7.94. The smallest absolute Gasteiger partial charge is 0.250 e. The average molecular weight is 318 g/mol. The van der Waals surface area contributed by atoms with E-state index in [4.69, 9.17) is 0 Å². The molecule has 0 spiro atoms. The first-order chi connectivity index (χ1) is 9.27. The molecule has 0 atom stereocenters. The highest BCUT2D eigenvalue weighted by atomic mass is 32.2. The number of carbonyl (C=O) groups is 1. The van der Waals surface area contributed by atoms with Crippen LogP contribution in [0.15, 0.2) is 16.3 Å². The van der Waals surface area contributed by atoms with Crippen molar-refractivity contribution >= 4 is 27.3 Å². The summed E-state index contributed by atoms with van der Waals surface area (Å²) in [5.74, 6) is -0.0522. The lowest BCUT2D eigenvalue weighted by Crippen LogP contribution is -2.41. The van der Waals surface area contributed by atoms with Crippen LogP contribution in [-0.4, -0.2) is 38.4 Å². The van der Waals surface area contributed by atoms with Gasteiger partial charge in [0, 0.05) is 30.9 Å². The van der Waals surface area contributed by atoms with Crippen molar-refractivity contribution in [3.63, 3.8) is 0 Å².